The average Bonchev–Trinajstić information content (AvgIpc) is 3.09. The molecular formula is C14H17N3OS. The highest BCUT2D eigenvalue weighted by Gasteiger charge is 2.27. The molecule has 0 aliphatic carbocycles. The monoisotopic (exact) mass is 275 g/mol. The van der Waals surface area contributed by atoms with Crippen LogP contribution in [0.15, 0.2) is 23.7 Å². The third-order valence-corrected chi connectivity index (χ3v) is 4.41. The maximum Gasteiger partial charge on any atom is 0.263 e. The van der Waals surface area contributed by atoms with Gasteiger partial charge in [0.25, 0.3) is 5.91 Å². The van der Waals surface area contributed by atoms with Crippen molar-refractivity contribution >= 4 is 17.2 Å². The predicted molar refractivity (Wildman–Crippen MR) is 75.5 cm³/mol. The van der Waals surface area contributed by atoms with Gasteiger partial charge in [-0.3, -0.25) is 4.79 Å². The zero-order valence-corrected chi connectivity index (χ0v) is 11.7. The molecule has 0 saturated carbocycles. The molecule has 1 saturated heterocycles. The molecule has 1 amide bonds. The molecular weight excluding hydrogens is 258 g/mol. The summed E-state index contributed by atoms with van der Waals surface area (Å²) < 4.78 is 0. The van der Waals surface area contributed by atoms with Crippen LogP contribution < -0.4 is 0 Å². The van der Waals surface area contributed by atoms with Crippen molar-refractivity contribution in [1.29, 1.82) is 0 Å². The Morgan fingerprint density at radius 1 is 1.58 bits per heavy atom. The Morgan fingerprint density at radius 3 is 3.16 bits per heavy atom. The van der Waals surface area contributed by atoms with Crippen LogP contribution in [-0.4, -0.2) is 33.9 Å². The lowest BCUT2D eigenvalue weighted by atomic mass is 9.97. The summed E-state index contributed by atoms with van der Waals surface area (Å²) in [6.45, 7) is 3.63. The molecule has 1 fully saturated rings. The second-order valence-corrected chi connectivity index (χ2v) is 5.97. The first-order valence-corrected chi connectivity index (χ1v) is 7.46. The van der Waals surface area contributed by atoms with Crippen LogP contribution in [-0.2, 0) is 0 Å². The number of imidazole rings is 1. The van der Waals surface area contributed by atoms with Crippen molar-refractivity contribution in [3.63, 3.8) is 0 Å². The third kappa shape index (κ3) is 2.56. The molecule has 0 aromatic carbocycles. The highest BCUT2D eigenvalue weighted by molar-refractivity contribution is 7.12. The first kappa shape index (κ1) is 12.4. The zero-order valence-electron chi connectivity index (χ0n) is 10.9. The fourth-order valence-electron chi connectivity index (χ4n) is 2.58. The maximum atomic E-state index is 12.3. The smallest absolute Gasteiger partial charge is 0.263 e. The standard InChI is InChI=1S/C14H17N3OS/c1-10-8-15-13(16-10)11-4-2-6-17(9-11)14(18)12-5-3-7-19-12/h3,5,7-8,11H,2,4,6,9H2,1H3,(H,15,16). The number of aromatic nitrogens is 2. The van der Waals surface area contributed by atoms with Crippen LogP contribution in [0.2, 0.25) is 0 Å². The second kappa shape index (κ2) is 5.17. The number of amides is 1. The molecule has 0 spiro atoms. The summed E-state index contributed by atoms with van der Waals surface area (Å²) in [5.74, 6) is 1.51. The molecule has 19 heavy (non-hydrogen) atoms. The molecule has 1 atom stereocenters. The molecule has 5 heteroatoms. The Kier molecular flexibility index (Phi) is 3.38. The van der Waals surface area contributed by atoms with Gasteiger partial charge in [-0.1, -0.05) is 6.07 Å². The Labute approximate surface area is 116 Å². The van der Waals surface area contributed by atoms with Crippen molar-refractivity contribution in [2.75, 3.05) is 13.1 Å². The van der Waals surface area contributed by atoms with Gasteiger partial charge in [0.05, 0.1) is 4.88 Å². The quantitative estimate of drug-likeness (QED) is 0.916. The van der Waals surface area contributed by atoms with Crippen LogP contribution in [0.3, 0.4) is 0 Å². The zero-order chi connectivity index (χ0) is 13.2. The van der Waals surface area contributed by atoms with Crippen molar-refractivity contribution < 1.29 is 4.79 Å². The maximum absolute atomic E-state index is 12.3. The van der Waals surface area contributed by atoms with Gasteiger partial charge in [0, 0.05) is 30.9 Å². The minimum atomic E-state index is 0.156. The summed E-state index contributed by atoms with van der Waals surface area (Å²) >= 11 is 1.51. The lowest BCUT2D eigenvalue weighted by Crippen LogP contribution is -2.39. The predicted octanol–water partition coefficient (Wildman–Crippen LogP) is 2.80. The number of nitrogens with one attached hydrogen (secondary N) is 1. The number of rotatable bonds is 2. The van der Waals surface area contributed by atoms with E-state index in [2.05, 4.69) is 9.97 Å². The molecule has 3 rings (SSSR count). The van der Waals surface area contributed by atoms with Gasteiger partial charge in [-0.15, -0.1) is 11.3 Å². The summed E-state index contributed by atoms with van der Waals surface area (Å²) in [7, 11) is 0. The molecule has 1 unspecified atom stereocenters. The lowest BCUT2D eigenvalue weighted by Gasteiger charge is -2.31. The van der Waals surface area contributed by atoms with Gasteiger partial charge in [-0.05, 0) is 31.2 Å². The van der Waals surface area contributed by atoms with Gasteiger partial charge in [0.1, 0.15) is 5.82 Å². The van der Waals surface area contributed by atoms with E-state index in [-0.39, 0.29) is 5.91 Å². The Hall–Kier alpha value is -1.62. The van der Waals surface area contributed by atoms with E-state index in [0.717, 1.165) is 42.3 Å². The number of carbonyl (C=O) groups is 1. The molecule has 3 heterocycles. The fraction of sp³-hybridized carbons (Fsp3) is 0.429. The largest absolute Gasteiger partial charge is 0.346 e. The number of carbonyl (C=O) groups excluding carboxylic acids is 1. The van der Waals surface area contributed by atoms with E-state index < -0.39 is 0 Å². The molecule has 4 nitrogen and oxygen atoms in total. The Morgan fingerprint density at radius 2 is 2.47 bits per heavy atom. The topological polar surface area (TPSA) is 49.0 Å². The number of H-pyrrole nitrogens is 1. The summed E-state index contributed by atoms with van der Waals surface area (Å²) in [6.07, 6.45) is 4.00. The highest BCUT2D eigenvalue weighted by Crippen LogP contribution is 2.26. The van der Waals surface area contributed by atoms with Crippen LogP contribution in [0.25, 0.3) is 0 Å². The molecule has 1 N–H and O–H groups in total. The minimum Gasteiger partial charge on any atom is -0.346 e. The number of likely N-dealkylation sites (tertiary alicyclic amines) is 1. The molecule has 2 aromatic heterocycles. The van der Waals surface area contributed by atoms with Gasteiger partial charge in [0.2, 0.25) is 0 Å². The molecule has 1 aliphatic heterocycles. The first-order valence-electron chi connectivity index (χ1n) is 6.58. The Bertz CT molecular complexity index is 561. The van der Waals surface area contributed by atoms with Crippen LogP contribution in [0.1, 0.15) is 39.9 Å². The SMILES string of the molecule is Cc1cnc(C2CCCN(C(=O)c3cccs3)C2)[nH]1. The lowest BCUT2D eigenvalue weighted by molar-refractivity contribution is 0.0709. The van der Waals surface area contributed by atoms with Gasteiger partial charge in [-0.2, -0.15) is 0 Å². The van der Waals surface area contributed by atoms with Crippen LogP contribution >= 0.6 is 11.3 Å². The van der Waals surface area contributed by atoms with E-state index in [9.17, 15) is 4.79 Å². The molecule has 1 aliphatic rings. The van der Waals surface area contributed by atoms with Gasteiger partial charge in [-0.25, -0.2) is 4.98 Å². The number of thiophene rings is 1. The van der Waals surface area contributed by atoms with Crippen molar-refractivity contribution in [3.05, 3.63) is 40.1 Å². The summed E-state index contributed by atoms with van der Waals surface area (Å²) in [4.78, 5) is 22.8. The van der Waals surface area contributed by atoms with Crippen molar-refractivity contribution in [1.82, 2.24) is 14.9 Å². The second-order valence-electron chi connectivity index (χ2n) is 5.02. The van der Waals surface area contributed by atoms with Crippen molar-refractivity contribution in [2.24, 2.45) is 0 Å². The number of aromatic amines is 1. The number of piperidine rings is 1. The number of nitrogens with zero attached hydrogens (tertiary/aromatic N) is 2. The summed E-state index contributed by atoms with van der Waals surface area (Å²) in [6, 6.07) is 3.82. The van der Waals surface area contributed by atoms with Gasteiger partial charge < -0.3 is 9.88 Å². The van der Waals surface area contributed by atoms with Gasteiger partial charge in [0.15, 0.2) is 0 Å². The van der Waals surface area contributed by atoms with Crippen molar-refractivity contribution in [2.45, 2.75) is 25.7 Å². The Balaban J connectivity index is 1.73. The van der Waals surface area contributed by atoms with E-state index in [1.165, 1.54) is 11.3 Å². The minimum absolute atomic E-state index is 0.156. The van der Waals surface area contributed by atoms with E-state index in [1.807, 2.05) is 35.5 Å². The number of aryl methyl sites for hydroxylation is 1. The molecule has 0 bridgehead atoms. The summed E-state index contributed by atoms with van der Waals surface area (Å²) in [5.41, 5.74) is 1.08. The number of hydrogen-bond acceptors (Lipinski definition) is 3. The molecule has 2 aromatic rings. The third-order valence-electron chi connectivity index (χ3n) is 3.55. The van der Waals surface area contributed by atoms with Gasteiger partial charge >= 0.3 is 0 Å². The molecule has 0 radical (unpaired) electrons. The average molecular weight is 275 g/mol. The van der Waals surface area contributed by atoms with E-state index in [1.54, 1.807) is 0 Å². The van der Waals surface area contributed by atoms with Crippen molar-refractivity contribution in [3.8, 4) is 0 Å². The molecule has 100 valence electrons. The first-order chi connectivity index (χ1) is 9.24. The van der Waals surface area contributed by atoms with E-state index in [0.29, 0.717) is 5.92 Å². The van der Waals surface area contributed by atoms with E-state index >= 15 is 0 Å². The highest BCUT2D eigenvalue weighted by atomic mass is 32.1. The van der Waals surface area contributed by atoms with E-state index in [4.69, 9.17) is 0 Å². The summed E-state index contributed by atoms with van der Waals surface area (Å²) in [5, 5.41) is 1.95. The normalized spacial score (nSPS) is 19.6. The van der Waals surface area contributed by atoms with Crippen LogP contribution in [0, 0.1) is 6.92 Å². The van der Waals surface area contributed by atoms with Crippen LogP contribution in [0.4, 0.5) is 0 Å². The number of hydrogen-bond donors (Lipinski definition) is 1. The fourth-order valence-corrected chi connectivity index (χ4v) is 3.27. The van der Waals surface area contributed by atoms with Crippen LogP contribution in [0.5, 0.6) is 0 Å².